The second kappa shape index (κ2) is 5.45. The van der Waals surface area contributed by atoms with Crippen molar-refractivity contribution in [2.75, 3.05) is 12.4 Å². The normalized spacial score (nSPS) is 10.9. The van der Waals surface area contributed by atoms with Crippen LogP contribution in [0.4, 0.5) is 10.1 Å². The molecule has 0 aliphatic carbocycles. The molecule has 0 amide bonds. The Kier molecular flexibility index (Phi) is 3.64. The fourth-order valence-corrected chi connectivity index (χ4v) is 2.96. The lowest BCUT2D eigenvalue weighted by atomic mass is 10.0. The molecule has 0 fully saturated rings. The van der Waals surface area contributed by atoms with Crippen molar-refractivity contribution in [1.29, 1.82) is 0 Å². The first-order chi connectivity index (χ1) is 10.1. The number of anilines is 1. The minimum Gasteiger partial charge on any atom is -0.387 e. The van der Waals surface area contributed by atoms with Gasteiger partial charge in [0.2, 0.25) is 0 Å². The molecule has 0 atom stereocenters. The average Bonchev–Trinajstić information content (AvgIpc) is 2.52. The van der Waals surface area contributed by atoms with Gasteiger partial charge in [0, 0.05) is 23.7 Å². The molecule has 0 spiro atoms. The average molecular weight is 345 g/mol. The first kappa shape index (κ1) is 14.0. The van der Waals surface area contributed by atoms with E-state index in [1.807, 2.05) is 50.4 Å². The summed E-state index contributed by atoms with van der Waals surface area (Å²) < 4.78 is 14.4. The molecule has 4 heteroatoms. The lowest BCUT2D eigenvalue weighted by molar-refractivity contribution is 0.622. The third-order valence-corrected chi connectivity index (χ3v) is 4.28. The predicted molar refractivity (Wildman–Crippen MR) is 89.1 cm³/mol. The van der Waals surface area contributed by atoms with Gasteiger partial charge < -0.3 is 5.32 Å². The van der Waals surface area contributed by atoms with Gasteiger partial charge in [-0.2, -0.15) is 0 Å². The molecular formula is C17H14BrFN2. The number of hydrogen-bond acceptors (Lipinski definition) is 2. The molecule has 106 valence electrons. The summed E-state index contributed by atoms with van der Waals surface area (Å²) in [6, 6.07) is 13.4. The third kappa shape index (κ3) is 2.40. The molecular weight excluding hydrogens is 331 g/mol. The Morgan fingerprint density at radius 3 is 2.52 bits per heavy atom. The summed E-state index contributed by atoms with van der Waals surface area (Å²) in [6.07, 6.45) is 0. The number of fused-ring (bicyclic) bond motifs is 1. The summed E-state index contributed by atoms with van der Waals surface area (Å²) in [7, 11) is 1.83. The van der Waals surface area contributed by atoms with Crippen LogP contribution in [-0.2, 0) is 0 Å². The SMILES string of the molecule is CNc1cc(-c2ccccc2)nc2c(C)cc(F)c(Br)c12. The highest BCUT2D eigenvalue weighted by Crippen LogP contribution is 2.36. The van der Waals surface area contributed by atoms with Crippen molar-refractivity contribution in [2.45, 2.75) is 6.92 Å². The second-order valence-corrected chi connectivity index (χ2v) is 5.68. The van der Waals surface area contributed by atoms with Crippen LogP contribution in [0.2, 0.25) is 0 Å². The maximum absolute atomic E-state index is 13.9. The van der Waals surface area contributed by atoms with E-state index in [1.54, 1.807) is 0 Å². The second-order valence-electron chi connectivity index (χ2n) is 4.88. The lowest BCUT2D eigenvalue weighted by Gasteiger charge is -2.13. The number of nitrogens with zero attached hydrogens (tertiary/aromatic N) is 1. The van der Waals surface area contributed by atoms with Crippen LogP contribution in [0.3, 0.4) is 0 Å². The maximum atomic E-state index is 13.9. The van der Waals surface area contributed by atoms with Gasteiger partial charge in [0.1, 0.15) is 5.82 Å². The number of aryl methyl sites for hydroxylation is 1. The molecule has 1 aromatic heterocycles. The molecule has 2 nitrogen and oxygen atoms in total. The van der Waals surface area contributed by atoms with Crippen LogP contribution in [0.25, 0.3) is 22.2 Å². The molecule has 0 unspecified atom stereocenters. The number of pyridine rings is 1. The van der Waals surface area contributed by atoms with Crippen LogP contribution < -0.4 is 5.32 Å². The van der Waals surface area contributed by atoms with E-state index in [9.17, 15) is 4.39 Å². The largest absolute Gasteiger partial charge is 0.387 e. The summed E-state index contributed by atoms with van der Waals surface area (Å²) in [5.41, 5.74) is 4.38. The van der Waals surface area contributed by atoms with Gasteiger partial charge in [0.25, 0.3) is 0 Å². The van der Waals surface area contributed by atoms with Crippen molar-refractivity contribution in [2.24, 2.45) is 0 Å². The van der Waals surface area contributed by atoms with Crippen LogP contribution >= 0.6 is 15.9 Å². The van der Waals surface area contributed by atoms with Crippen molar-refractivity contribution in [3.63, 3.8) is 0 Å². The van der Waals surface area contributed by atoms with Crippen molar-refractivity contribution < 1.29 is 4.39 Å². The van der Waals surface area contributed by atoms with Crippen LogP contribution in [0, 0.1) is 12.7 Å². The summed E-state index contributed by atoms with van der Waals surface area (Å²) >= 11 is 3.33. The first-order valence-electron chi connectivity index (χ1n) is 6.64. The summed E-state index contributed by atoms with van der Waals surface area (Å²) in [4.78, 5) is 4.72. The van der Waals surface area contributed by atoms with E-state index in [-0.39, 0.29) is 5.82 Å². The van der Waals surface area contributed by atoms with E-state index in [4.69, 9.17) is 4.98 Å². The van der Waals surface area contributed by atoms with Crippen LogP contribution in [-0.4, -0.2) is 12.0 Å². The molecule has 0 aliphatic heterocycles. The van der Waals surface area contributed by atoms with Crippen molar-refractivity contribution in [3.05, 3.63) is 58.3 Å². The Balaban J connectivity index is 2.38. The van der Waals surface area contributed by atoms with E-state index in [0.717, 1.165) is 33.4 Å². The minimum absolute atomic E-state index is 0.272. The number of rotatable bonds is 2. The zero-order valence-electron chi connectivity index (χ0n) is 11.7. The highest BCUT2D eigenvalue weighted by Gasteiger charge is 2.14. The smallest absolute Gasteiger partial charge is 0.138 e. The quantitative estimate of drug-likeness (QED) is 0.694. The number of nitrogens with one attached hydrogen (secondary N) is 1. The summed E-state index contributed by atoms with van der Waals surface area (Å²) in [5, 5.41) is 3.91. The Morgan fingerprint density at radius 1 is 1.14 bits per heavy atom. The van der Waals surface area contributed by atoms with Crippen LogP contribution in [0.15, 0.2) is 46.9 Å². The zero-order chi connectivity index (χ0) is 15.0. The number of halogens is 2. The fraction of sp³-hybridized carbons (Fsp3) is 0.118. The summed E-state index contributed by atoms with van der Waals surface area (Å²) in [5.74, 6) is -0.272. The lowest BCUT2D eigenvalue weighted by Crippen LogP contribution is -1.97. The number of hydrogen-bond donors (Lipinski definition) is 1. The zero-order valence-corrected chi connectivity index (χ0v) is 13.3. The number of benzene rings is 2. The maximum Gasteiger partial charge on any atom is 0.138 e. The molecule has 3 rings (SSSR count). The molecule has 0 saturated carbocycles. The van der Waals surface area contributed by atoms with Crippen LogP contribution in [0.1, 0.15) is 5.56 Å². The Bertz CT molecular complexity index is 816. The van der Waals surface area contributed by atoms with Crippen molar-refractivity contribution >= 4 is 32.5 Å². The van der Waals surface area contributed by atoms with Gasteiger partial charge in [-0.25, -0.2) is 9.37 Å². The Morgan fingerprint density at radius 2 is 1.86 bits per heavy atom. The van der Waals surface area contributed by atoms with Gasteiger partial charge in [-0.3, -0.25) is 0 Å². The van der Waals surface area contributed by atoms with Gasteiger partial charge in [-0.05, 0) is 40.5 Å². The molecule has 1 heterocycles. The highest BCUT2D eigenvalue weighted by molar-refractivity contribution is 9.10. The summed E-state index contributed by atoms with van der Waals surface area (Å²) in [6.45, 7) is 1.87. The van der Waals surface area contributed by atoms with E-state index in [2.05, 4.69) is 21.2 Å². The molecule has 0 radical (unpaired) electrons. The minimum atomic E-state index is -0.272. The van der Waals surface area contributed by atoms with Gasteiger partial charge in [0.05, 0.1) is 15.7 Å². The number of aromatic nitrogens is 1. The third-order valence-electron chi connectivity index (χ3n) is 3.50. The molecule has 0 bridgehead atoms. The van der Waals surface area contributed by atoms with E-state index in [1.165, 1.54) is 6.07 Å². The van der Waals surface area contributed by atoms with Crippen molar-refractivity contribution in [1.82, 2.24) is 4.98 Å². The van der Waals surface area contributed by atoms with E-state index in [0.29, 0.717) is 4.47 Å². The standard InChI is InChI=1S/C17H14BrFN2/c1-10-8-12(19)16(18)15-14(20-2)9-13(21-17(10)15)11-6-4-3-5-7-11/h3-9H,1-2H3,(H,20,21). The van der Waals surface area contributed by atoms with E-state index < -0.39 is 0 Å². The molecule has 0 aliphatic rings. The fourth-order valence-electron chi connectivity index (χ4n) is 2.45. The Hall–Kier alpha value is -1.94. The predicted octanol–water partition coefficient (Wildman–Crippen LogP) is 5.15. The monoisotopic (exact) mass is 344 g/mol. The van der Waals surface area contributed by atoms with Crippen LogP contribution in [0.5, 0.6) is 0 Å². The topological polar surface area (TPSA) is 24.9 Å². The van der Waals surface area contributed by atoms with Crippen molar-refractivity contribution in [3.8, 4) is 11.3 Å². The van der Waals surface area contributed by atoms with E-state index >= 15 is 0 Å². The molecule has 21 heavy (non-hydrogen) atoms. The highest BCUT2D eigenvalue weighted by atomic mass is 79.9. The molecule has 1 N–H and O–H groups in total. The Labute approximate surface area is 131 Å². The van der Waals surface area contributed by atoms with Gasteiger partial charge in [-0.1, -0.05) is 30.3 Å². The van der Waals surface area contributed by atoms with Gasteiger partial charge in [-0.15, -0.1) is 0 Å². The van der Waals surface area contributed by atoms with Gasteiger partial charge >= 0.3 is 0 Å². The first-order valence-corrected chi connectivity index (χ1v) is 7.43. The molecule has 0 saturated heterocycles. The molecule has 2 aromatic carbocycles. The molecule has 3 aromatic rings. The van der Waals surface area contributed by atoms with Gasteiger partial charge in [0.15, 0.2) is 0 Å².